The second-order valence-electron chi connectivity index (χ2n) is 6.59. The first-order valence-corrected chi connectivity index (χ1v) is 8.44. The minimum atomic E-state index is -0.844. The zero-order valence-corrected chi connectivity index (χ0v) is 15.6. The molecule has 0 aliphatic carbocycles. The van der Waals surface area contributed by atoms with E-state index < -0.39 is 5.60 Å². The second kappa shape index (κ2) is 8.34. The van der Waals surface area contributed by atoms with Gasteiger partial charge in [0.2, 0.25) is 0 Å². The van der Waals surface area contributed by atoms with Gasteiger partial charge in [-0.15, -0.1) is 0 Å². The van der Waals surface area contributed by atoms with Crippen molar-refractivity contribution < 1.29 is 14.3 Å². The number of rotatable bonds is 8. The van der Waals surface area contributed by atoms with E-state index in [1.807, 2.05) is 32.9 Å². The number of ether oxygens (including phenoxy) is 2. The molecule has 0 fully saturated rings. The monoisotopic (exact) mass is 321 g/mol. The number of hydrogen-bond donors (Lipinski definition) is 1. The van der Waals surface area contributed by atoms with Crippen molar-refractivity contribution in [2.45, 2.75) is 73.0 Å². The van der Waals surface area contributed by atoms with Crippen LogP contribution < -0.4 is 10.1 Å². The molecule has 130 valence electrons. The van der Waals surface area contributed by atoms with Gasteiger partial charge in [0.25, 0.3) is 5.91 Å². The molecule has 23 heavy (non-hydrogen) atoms. The van der Waals surface area contributed by atoms with Crippen LogP contribution in [0.5, 0.6) is 5.75 Å². The third-order valence-corrected chi connectivity index (χ3v) is 3.83. The molecule has 1 N–H and O–H groups in total. The first kappa shape index (κ1) is 19.5. The first-order chi connectivity index (χ1) is 10.7. The van der Waals surface area contributed by atoms with E-state index in [0.29, 0.717) is 6.61 Å². The molecule has 0 aromatic heterocycles. The first-order valence-electron chi connectivity index (χ1n) is 8.44. The van der Waals surface area contributed by atoms with E-state index in [2.05, 4.69) is 19.2 Å². The molecule has 1 amide bonds. The van der Waals surface area contributed by atoms with E-state index in [9.17, 15) is 4.79 Å². The van der Waals surface area contributed by atoms with Gasteiger partial charge in [-0.3, -0.25) is 4.79 Å². The van der Waals surface area contributed by atoms with Crippen LogP contribution in [0.2, 0.25) is 0 Å². The Morgan fingerprint density at radius 2 is 1.78 bits per heavy atom. The maximum Gasteiger partial charge on any atom is 0.256 e. The summed E-state index contributed by atoms with van der Waals surface area (Å²) in [6.07, 6.45) is 2.02. The van der Waals surface area contributed by atoms with Crippen LogP contribution in [0.15, 0.2) is 12.1 Å². The molecular weight excluding hydrogens is 290 g/mol. The Hall–Kier alpha value is -1.55. The quantitative estimate of drug-likeness (QED) is 0.759. The molecule has 1 aromatic rings. The molecule has 1 unspecified atom stereocenters. The lowest BCUT2D eigenvalue weighted by Gasteiger charge is -2.24. The average Bonchev–Trinajstić information content (AvgIpc) is 2.48. The Morgan fingerprint density at radius 3 is 2.26 bits per heavy atom. The summed E-state index contributed by atoms with van der Waals surface area (Å²) in [5.74, 6) is 0.763. The van der Waals surface area contributed by atoms with Crippen molar-refractivity contribution in [3.05, 3.63) is 23.3 Å². The molecule has 4 nitrogen and oxygen atoms in total. The maximum absolute atomic E-state index is 12.4. The summed E-state index contributed by atoms with van der Waals surface area (Å²) < 4.78 is 11.6. The number of aryl methyl sites for hydroxylation is 2. The molecule has 4 heteroatoms. The van der Waals surface area contributed by atoms with Crippen molar-refractivity contribution in [1.82, 2.24) is 0 Å². The Kier molecular flexibility index (Phi) is 7.07. The fraction of sp³-hybridized carbons (Fsp3) is 0.632. The van der Waals surface area contributed by atoms with Crippen LogP contribution in [0.3, 0.4) is 0 Å². The molecular formula is C19H31NO3. The number of amides is 1. The van der Waals surface area contributed by atoms with E-state index in [4.69, 9.17) is 9.47 Å². The van der Waals surface area contributed by atoms with Crippen LogP contribution in [0.1, 0.15) is 58.6 Å². The van der Waals surface area contributed by atoms with Gasteiger partial charge in [-0.1, -0.05) is 13.8 Å². The van der Waals surface area contributed by atoms with Gasteiger partial charge in [-0.2, -0.15) is 0 Å². The van der Waals surface area contributed by atoms with E-state index >= 15 is 0 Å². The van der Waals surface area contributed by atoms with Crippen LogP contribution >= 0.6 is 0 Å². The lowest BCUT2D eigenvalue weighted by atomic mass is 10.1. The van der Waals surface area contributed by atoms with Crippen LogP contribution in [-0.2, 0) is 9.53 Å². The topological polar surface area (TPSA) is 47.6 Å². The highest BCUT2D eigenvalue weighted by molar-refractivity contribution is 5.97. The van der Waals surface area contributed by atoms with Gasteiger partial charge in [-0.05, 0) is 70.7 Å². The molecule has 1 rings (SSSR count). The summed E-state index contributed by atoms with van der Waals surface area (Å²) in [5.41, 5.74) is 1.97. The number of carbonyl (C=O) groups excluding carboxylic acids is 1. The normalized spacial score (nSPS) is 12.8. The number of nitrogens with one attached hydrogen (secondary N) is 1. The summed E-state index contributed by atoms with van der Waals surface area (Å²) in [6.45, 7) is 14.3. The number of carbonyl (C=O) groups is 1. The largest absolute Gasteiger partial charge is 0.490 e. The van der Waals surface area contributed by atoms with Crippen LogP contribution in [0.25, 0.3) is 0 Å². The number of anilines is 1. The van der Waals surface area contributed by atoms with Crippen molar-refractivity contribution in [3.63, 3.8) is 0 Å². The summed E-state index contributed by atoms with van der Waals surface area (Å²) in [5, 5.41) is 2.95. The Balaban J connectivity index is 2.88. The average molecular weight is 321 g/mol. The van der Waals surface area contributed by atoms with E-state index in [1.54, 1.807) is 13.8 Å². The molecule has 0 aliphatic heterocycles. The molecule has 0 saturated heterocycles. The van der Waals surface area contributed by atoms with E-state index in [0.717, 1.165) is 35.4 Å². The van der Waals surface area contributed by atoms with Gasteiger partial charge >= 0.3 is 0 Å². The SMILES string of the molecule is CCCOC(C)(C)C(=O)Nc1cc(C)c(OC(C)CC)c(C)c1. The van der Waals surface area contributed by atoms with Crippen LogP contribution in [-0.4, -0.2) is 24.2 Å². The van der Waals surface area contributed by atoms with Gasteiger partial charge < -0.3 is 14.8 Å². The molecule has 0 radical (unpaired) electrons. The second-order valence-corrected chi connectivity index (χ2v) is 6.59. The predicted octanol–water partition coefficient (Wildman–Crippen LogP) is 4.62. The predicted molar refractivity (Wildman–Crippen MR) is 95.2 cm³/mol. The van der Waals surface area contributed by atoms with Crippen molar-refractivity contribution in [2.75, 3.05) is 11.9 Å². The van der Waals surface area contributed by atoms with E-state index in [1.165, 1.54) is 0 Å². The molecule has 1 aromatic carbocycles. The van der Waals surface area contributed by atoms with Gasteiger partial charge in [0.15, 0.2) is 0 Å². The fourth-order valence-corrected chi connectivity index (χ4v) is 2.20. The van der Waals surface area contributed by atoms with Crippen molar-refractivity contribution in [2.24, 2.45) is 0 Å². The van der Waals surface area contributed by atoms with Gasteiger partial charge in [0, 0.05) is 12.3 Å². The van der Waals surface area contributed by atoms with Crippen molar-refractivity contribution in [3.8, 4) is 5.75 Å². The fourth-order valence-electron chi connectivity index (χ4n) is 2.20. The Labute approximate surface area is 140 Å². The van der Waals surface area contributed by atoms with Crippen LogP contribution in [0, 0.1) is 13.8 Å². The molecule has 0 bridgehead atoms. The standard InChI is InChI=1S/C19H31NO3/c1-8-10-22-19(6,7)18(21)20-16-11-13(3)17(14(4)12-16)23-15(5)9-2/h11-12,15H,8-10H2,1-7H3,(H,20,21). The van der Waals surface area contributed by atoms with Crippen LogP contribution in [0.4, 0.5) is 5.69 Å². The summed E-state index contributed by atoms with van der Waals surface area (Å²) in [6, 6.07) is 3.89. The third-order valence-electron chi connectivity index (χ3n) is 3.83. The van der Waals surface area contributed by atoms with Gasteiger partial charge in [0.05, 0.1) is 6.10 Å². The van der Waals surface area contributed by atoms with E-state index in [-0.39, 0.29) is 12.0 Å². The summed E-state index contributed by atoms with van der Waals surface area (Å²) in [4.78, 5) is 12.4. The summed E-state index contributed by atoms with van der Waals surface area (Å²) in [7, 11) is 0. The molecule has 0 spiro atoms. The number of hydrogen-bond acceptors (Lipinski definition) is 3. The molecule has 1 atom stereocenters. The smallest absolute Gasteiger partial charge is 0.256 e. The number of benzene rings is 1. The maximum atomic E-state index is 12.4. The molecule has 0 aliphatic rings. The highest BCUT2D eigenvalue weighted by atomic mass is 16.5. The minimum absolute atomic E-state index is 0.139. The zero-order chi connectivity index (χ0) is 17.6. The summed E-state index contributed by atoms with van der Waals surface area (Å²) >= 11 is 0. The Bertz CT molecular complexity index is 514. The lowest BCUT2D eigenvalue weighted by Crippen LogP contribution is -2.40. The minimum Gasteiger partial charge on any atom is -0.490 e. The zero-order valence-electron chi connectivity index (χ0n) is 15.6. The molecule has 0 saturated carbocycles. The Morgan fingerprint density at radius 1 is 1.22 bits per heavy atom. The van der Waals surface area contributed by atoms with Crippen molar-refractivity contribution >= 4 is 11.6 Å². The van der Waals surface area contributed by atoms with Gasteiger partial charge in [-0.25, -0.2) is 0 Å². The third kappa shape index (κ3) is 5.54. The highest BCUT2D eigenvalue weighted by Crippen LogP contribution is 2.29. The highest BCUT2D eigenvalue weighted by Gasteiger charge is 2.28. The van der Waals surface area contributed by atoms with Crippen molar-refractivity contribution in [1.29, 1.82) is 0 Å². The van der Waals surface area contributed by atoms with Gasteiger partial charge in [0.1, 0.15) is 11.4 Å². The molecule has 0 heterocycles. The lowest BCUT2D eigenvalue weighted by molar-refractivity contribution is -0.137.